The summed E-state index contributed by atoms with van der Waals surface area (Å²) >= 11 is 0. The number of aryl methyl sites for hydroxylation is 1. The van der Waals surface area contributed by atoms with Crippen molar-refractivity contribution in [3.63, 3.8) is 0 Å². The van der Waals surface area contributed by atoms with Crippen LogP contribution in [-0.2, 0) is 25.8 Å². The van der Waals surface area contributed by atoms with Crippen LogP contribution in [0.4, 0.5) is 0 Å². The van der Waals surface area contributed by atoms with Crippen molar-refractivity contribution in [3.05, 3.63) is 103 Å². The normalized spacial score (nSPS) is 10.6. The molecule has 0 nitrogen and oxygen atoms in total. The Morgan fingerprint density at radius 3 is 2.10 bits per heavy atom. The average Bonchev–Trinajstić information content (AvgIpc) is 3.31. The molecule has 0 aliphatic rings. The number of fused-ring (bicyclic) bond motifs is 2. The van der Waals surface area contributed by atoms with Gasteiger partial charge in [0.05, 0.1) is 0 Å². The van der Waals surface area contributed by atoms with Crippen LogP contribution in [0.5, 0.6) is 0 Å². The fourth-order valence-electron chi connectivity index (χ4n) is 3.65. The summed E-state index contributed by atoms with van der Waals surface area (Å²) in [6.45, 7) is 6.74. The standard InChI is InChI=1S/C16H13.C11H12P.Hf/c1-12-10-14-8-5-9-15(16(14)11-12)13-6-3-2-4-7-13;1-12(2)11-7-9-5-3-4-6-10(9)8-11;/h2-11H,1H3;3-8H,1-2H3;/q2*-1;+4. The van der Waals surface area contributed by atoms with Crippen LogP contribution < -0.4 is 5.30 Å². The molecule has 5 rings (SSSR count). The summed E-state index contributed by atoms with van der Waals surface area (Å²) < 4.78 is 0. The van der Waals surface area contributed by atoms with Crippen molar-refractivity contribution in [1.82, 2.24) is 0 Å². The van der Waals surface area contributed by atoms with Crippen molar-refractivity contribution >= 4 is 34.8 Å². The van der Waals surface area contributed by atoms with Gasteiger partial charge in [-0.1, -0.05) is 55.0 Å². The van der Waals surface area contributed by atoms with Crippen LogP contribution in [0, 0.1) is 6.92 Å². The SMILES string of the molecule is CP(C)c1cc2ccccc2[cH-]1.Cc1cc2c(-c3ccccc3)cccc2[cH-]1.[Hf+4]. The van der Waals surface area contributed by atoms with Crippen LogP contribution in [0.1, 0.15) is 5.56 Å². The van der Waals surface area contributed by atoms with Crippen molar-refractivity contribution in [2.45, 2.75) is 6.92 Å². The molecule has 0 fully saturated rings. The molecule has 0 atom stereocenters. The first kappa shape index (κ1) is 21.9. The van der Waals surface area contributed by atoms with Gasteiger partial charge in [0.25, 0.3) is 0 Å². The molecule has 0 heterocycles. The molecule has 0 aliphatic heterocycles. The summed E-state index contributed by atoms with van der Waals surface area (Å²) in [4.78, 5) is 0. The Kier molecular flexibility index (Phi) is 7.38. The van der Waals surface area contributed by atoms with E-state index in [1.807, 2.05) is 0 Å². The summed E-state index contributed by atoms with van der Waals surface area (Å²) in [5.41, 5.74) is 3.95. The molecule has 5 aromatic rings. The summed E-state index contributed by atoms with van der Waals surface area (Å²) in [5, 5.41) is 6.95. The molecule has 140 valence electrons. The van der Waals surface area contributed by atoms with Crippen LogP contribution in [-0.4, -0.2) is 13.3 Å². The maximum atomic E-state index is 2.31. The van der Waals surface area contributed by atoms with E-state index in [-0.39, 0.29) is 33.8 Å². The summed E-state index contributed by atoms with van der Waals surface area (Å²) in [6.07, 6.45) is 0. The molecular weight excluding hydrogens is 534 g/mol. The van der Waals surface area contributed by atoms with Gasteiger partial charge in [-0.2, -0.15) is 12.1 Å². The predicted octanol–water partition coefficient (Wildman–Crippen LogP) is 7.46. The quantitative estimate of drug-likeness (QED) is 0.120. The molecule has 0 saturated carbocycles. The Hall–Kier alpha value is -1.82. The molecule has 0 radical (unpaired) electrons. The Morgan fingerprint density at radius 2 is 1.38 bits per heavy atom. The monoisotopic (exact) mass is 560 g/mol. The largest absolute Gasteiger partial charge is 4.00 e. The molecule has 0 spiro atoms. The van der Waals surface area contributed by atoms with E-state index in [2.05, 4.69) is 117 Å². The fraction of sp³-hybridized carbons (Fsp3) is 0.111. The summed E-state index contributed by atoms with van der Waals surface area (Å²) in [7, 11) is 0.0576. The van der Waals surface area contributed by atoms with Crippen molar-refractivity contribution in [1.29, 1.82) is 0 Å². The third-order valence-electron chi connectivity index (χ3n) is 5.10. The van der Waals surface area contributed by atoms with Gasteiger partial charge in [-0.3, -0.25) is 0 Å². The van der Waals surface area contributed by atoms with Crippen LogP contribution in [0.2, 0.25) is 0 Å². The van der Waals surface area contributed by atoms with Crippen molar-refractivity contribution in [2.75, 3.05) is 13.3 Å². The van der Waals surface area contributed by atoms with Crippen molar-refractivity contribution < 1.29 is 25.8 Å². The van der Waals surface area contributed by atoms with Crippen LogP contribution in [0.25, 0.3) is 32.7 Å². The van der Waals surface area contributed by atoms with Gasteiger partial charge >= 0.3 is 25.8 Å². The van der Waals surface area contributed by atoms with Crippen molar-refractivity contribution in [2.24, 2.45) is 0 Å². The van der Waals surface area contributed by atoms with E-state index >= 15 is 0 Å². The number of hydrogen-bond donors (Lipinski definition) is 0. The first-order valence-corrected chi connectivity index (χ1v) is 11.9. The number of benzene rings is 3. The molecule has 0 amide bonds. The van der Waals surface area contributed by atoms with Gasteiger partial charge in [0.2, 0.25) is 0 Å². The Bertz CT molecular complexity index is 1160. The molecule has 0 aromatic heterocycles. The molecule has 0 saturated heterocycles. The second-order valence-corrected chi connectivity index (χ2v) is 9.75. The minimum absolute atomic E-state index is 0. The van der Waals surface area contributed by atoms with Gasteiger partial charge in [-0.25, -0.2) is 0 Å². The summed E-state index contributed by atoms with van der Waals surface area (Å²) in [5.74, 6) is 0. The maximum absolute atomic E-state index is 2.31. The zero-order chi connectivity index (χ0) is 19.5. The molecule has 0 bridgehead atoms. The fourth-order valence-corrected chi connectivity index (χ4v) is 4.44. The van der Waals surface area contributed by atoms with E-state index in [4.69, 9.17) is 0 Å². The molecule has 5 aromatic carbocycles. The van der Waals surface area contributed by atoms with Gasteiger partial charge in [0.15, 0.2) is 0 Å². The van der Waals surface area contributed by atoms with Gasteiger partial charge in [-0.05, 0) is 18.9 Å². The van der Waals surface area contributed by atoms with Gasteiger partial charge in [0, 0.05) is 0 Å². The first-order valence-electron chi connectivity index (χ1n) is 9.66. The van der Waals surface area contributed by atoms with Crippen LogP contribution >= 0.6 is 7.92 Å². The minimum Gasteiger partial charge on any atom is -0.165 e. The van der Waals surface area contributed by atoms with Gasteiger partial charge in [0.1, 0.15) is 0 Å². The van der Waals surface area contributed by atoms with Gasteiger partial charge in [-0.15, -0.1) is 82.8 Å². The van der Waals surface area contributed by atoms with Crippen LogP contribution in [0.15, 0.2) is 97.1 Å². The summed E-state index contributed by atoms with van der Waals surface area (Å²) in [6, 6.07) is 34.7. The molecule has 0 N–H and O–H groups in total. The van der Waals surface area contributed by atoms with E-state index in [1.165, 1.54) is 43.5 Å². The molecule has 29 heavy (non-hydrogen) atoms. The topological polar surface area (TPSA) is 0 Å². The molecular formula is C27H25HfP+2. The van der Waals surface area contributed by atoms with Crippen LogP contribution in [0.3, 0.4) is 0 Å². The second-order valence-electron chi connectivity index (χ2n) is 7.44. The zero-order valence-corrected chi connectivity index (χ0v) is 21.7. The third-order valence-corrected chi connectivity index (χ3v) is 6.39. The van der Waals surface area contributed by atoms with E-state index < -0.39 is 0 Å². The van der Waals surface area contributed by atoms with Gasteiger partial charge < -0.3 is 0 Å². The first-order chi connectivity index (χ1) is 13.6. The Morgan fingerprint density at radius 1 is 0.690 bits per heavy atom. The number of rotatable bonds is 2. The predicted molar refractivity (Wildman–Crippen MR) is 128 cm³/mol. The molecule has 2 heteroatoms. The minimum atomic E-state index is 0. The smallest absolute Gasteiger partial charge is 0.165 e. The zero-order valence-electron chi connectivity index (χ0n) is 17.2. The van der Waals surface area contributed by atoms with E-state index in [0.717, 1.165) is 0 Å². The van der Waals surface area contributed by atoms with E-state index in [1.54, 1.807) is 0 Å². The van der Waals surface area contributed by atoms with E-state index in [9.17, 15) is 0 Å². The second kappa shape index (κ2) is 9.79. The maximum Gasteiger partial charge on any atom is 4.00 e. The third kappa shape index (κ3) is 5.03. The molecule has 0 unspecified atom stereocenters. The molecule has 0 aliphatic carbocycles. The van der Waals surface area contributed by atoms with E-state index in [0.29, 0.717) is 0 Å². The Balaban J connectivity index is 0.000000167. The Labute approximate surface area is 193 Å². The average molecular weight is 559 g/mol. The number of hydrogen-bond acceptors (Lipinski definition) is 0. The van der Waals surface area contributed by atoms with Crippen molar-refractivity contribution in [3.8, 4) is 11.1 Å².